The number of rotatable bonds is 2. The van der Waals surface area contributed by atoms with Crippen molar-refractivity contribution in [2.45, 2.75) is 31.9 Å². The first kappa shape index (κ1) is 11.8. The van der Waals surface area contributed by atoms with Gasteiger partial charge >= 0.3 is 0 Å². The van der Waals surface area contributed by atoms with Crippen LogP contribution in [0, 0.1) is 0 Å². The summed E-state index contributed by atoms with van der Waals surface area (Å²) in [5, 5.41) is 8.80. The molecule has 17 heavy (non-hydrogen) atoms. The lowest BCUT2D eigenvalue weighted by Crippen LogP contribution is -2.41. The van der Waals surface area contributed by atoms with Crippen LogP contribution in [0.1, 0.15) is 30.3 Å². The highest BCUT2D eigenvalue weighted by Crippen LogP contribution is 2.13. The number of amides is 1. The molecule has 0 aromatic carbocycles. The van der Waals surface area contributed by atoms with Gasteiger partial charge in [-0.1, -0.05) is 0 Å². The molecule has 2 rings (SSSR count). The molecule has 1 aromatic rings. The first-order chi connectivity index (χ1) is 8.15. The first-order valence-corrected chi connectivity index (χ1v) is 5.63. The van der Waals surface area contributed by atoms with Gasteiger partial charge in [-0.3, -0.25) is 9.59 Å². The van der Waals surface area contributed by atoms with Gasteiger partial charge < -0.3 is 10.1 Å². The minimum Gasteiger partial charge on any atom is -0.378 e. The van der Waals surface area contributed by atoms with Crippen molar-refractivity contribution in [2.24, 2.45) is 0 Å². The van der Waals surface area contributed by atoms with E-state index in [1.165, 1.54) is 12.1 Å². The summed E-state index contributed by atoms with van der Waals surface area (Å²) >= 11 is 0. The summed E-state index contributed by atoms with van der Waals surface area (Å²) in [7, 11) is 0. The maximum atomic E-state index is 11.8. The zero-order chi connectivity index (χ0) is 12.3. The van der Waals surface area contributed by atoms with Crippen molar-refractivity contribution < 1.29 is 9.53 Å². The SMILES string of the molecule is CC1CC(NC(=O)c2ccc(=O)[nH]n2)CCO1. The van der Waals surface area contributed by atoms with Crippen LogP contribution in [-0.2, 0) is 4.74 Å². The number of nitrogens with zero attached hydrogens (tertiary/aromatic N) is 1. The number of nitrogens with one attached hydrogen (secondary N) is 2. The fourth-order valence-electron chi connectivity index (χ4n) is 1.86. The molecule has 0 spiro atoms. The minimum absolute atomic E-state index is 0.111. The van der Waals surface area contributed by atoms with E-state index in [0.717, 1.165) is 12.8 Å². The summed E-state index contributed by atoms with van der Waals surface area (Å²) in [4.78, 5) is 22.6. The Balaban J connectivity index is 1.96. The molecule has 2 heterocycles. The zero-order valence-electron chi connectivity index (χ0n) is 9.60. The van der Waals surface area contributed by atoms with Crippen LogP contribution in [0.5, 0.6) is 0 Å². The van der Waals surface area contributed by atoms with Crippen molar-refractivity contribution in [1.82, 2.24) is 15.5 Å². The Morgan fingerprint density at radius 1 is 1.59 bits per heavy atom. The van der Waals surface area contributed by atoms with Crippen molar-refractivity contribution in [3.8, 4) is 0 Å². The number of aromatic nitrogens is 2. The topological polar surface area (TPSA) is 84.1 Å². The summed E-state index contributed by atoms with van der Waals surface area (Å²) < 4.78 is 5.40. The van der Waals surface area contributed by atoms with Gasteiger partial charge in [0.15, 0.2) is 0 Å². The molecule has 1 amide bonds. The van der Waals surface area contributed by atoms with Gasteiger partial charge in [0.1, 0.15) is 5.69 Å². The van der Waals surface area contributed by atoms with Crippen LogP contribution >= 0.6 is 0 Å². The van der Waals surface area contributed by atoms with E-state index in [2.05, 4.69) is 15.5 Å². The Hall–Kier alpha value is -1.69. The Kier molecular flexibility index (Phi) is 3.53. The summed E-state index contributed by atoms with van der Waals surface area (Å²) in [5.74, 6) is -0.264. The highest BCUT2D eigenvalue weighted by atomic mass is 16.5. The normalized spacial score (nSPS) is 24.3. The third kappa shape index (κ3) is 3.13. The Labute approximate surface area is 98.4 Å². The Morgan fingerprint density at radius 2 is 2.41 bits per heavy atom. The molecule has 1 aromatic heterocycles. The molecule has 1 aliphatic heterocycles. The van der Waals surface area contributed by atoms with E-state index in [1.807, 2.05) is 6.92 Å². The molecule has 0 radical (unpaired) electrons. The zero-order valence-corrected chi connectivity index (χ0v) is 9.60. The van der Waals surface area contributed by atoms with E-state index in [4.69, 9.17) is 4.74 Å². The third-order valence-corrected chi connectivity index (χ3v) is 2.73. The van der Waals surface area contributed by atoms with Crippen LogP contribution in [-0.4, -0.2) is 34.9 Å². The molecule has 1 aliphatic rings. The van der Waals surface area contributed by atoms with Gasteiger partial charge in [0.05, 0.1) is 6.10 Å². The lowest BCUT2D eigenvalue weighted by atomic mass is 10.0. The highest BCUT2D eigenvalue weighted by Gasteiger charge is 2.21. The second kappa shape index (κ2) is 5.09. The summed E-state index contributed by atoms with van der Waals surface area (Å²) in [5.41, 5.74) is -0.0926. The van der Waals surface area contributed by atoms with Gasteiger partial charge in [0.25, 0.3) is 11.5 Å². The molecule has 2 N–H and O–H groups in total. The number of hydrogen-bond donors (Lipinski definition) is 2. The lowest BCUT2D eigenvalue weighted by molar-refractivity contribution is 0.0136. The lowest BCUT2D eigenvalue weighted by Gasteiger charge is -2.27. The molecule has 1 fully saturated rings. The number of aromatic amines is 1. The average molecular weight is 237 g/mol. The highest BCUT2D eigenvalue weighted by molar-refractivity contribution is 5.92. The molecule has 92 valence electrons. The molecule has 0 aliphatic carbocycles. The van der Waals surface area contributed by atoms with Gasteiger partial charge in [-0.15, -0.1) is 0 Å². The molecule has 0 saturated carbocycles. The van der Waals surface area contributed by atoms with Crippen molar-refractivity contribution in [1.29, 1.82) is 0 Å². The smallest absolute Gasteiger partial charge is 0.271 e. The number of carbonyl (C=O) groups is 1. The van der Waals surface area contributed by atoms with Crippen molar-refractivity contribution in [2.75, 3.05) is 6.61 Å². The van der Waals surface area contributed by atoms with Crippen LogP contribution in [0.25, 0.3) is 0 Å². The molecule has 1 saturated heterocycles. The van der Waals surface area contributed by atoms with Gasteiger partial charge in [-0.05, 0) is 25.8 Å². The maximum Gasteiger partial charge on any atom is 0.271 e. The third-order valence-electron chi connectivity index (χ3n) is 2.73. The average Bonchev–Trinajstić information content (AvgIpc) is 2.29. The molecule has 6 heteroatoms. The monoisotopic (exact) mass is 237 g/mol. The van der Waals surface area contributed by atoms with Gasteiger partial charge in [-0.2, -0.15) is 5.10 Å². The molecule has 2 atom stereocenters. The van der Waals surface area contributed by atoms with E-state index >= 15 is 0 Å². The van der Waals surface area contributed by atoms with E-state index in [0.29, 0.717) is 6.61 Å². The second-order valence-corrected chi connectivity index (χ2v) is 4.18. The summed E-state index contributed by atoms with van der Waals surface area (Å²) in [6.07, 6.45) is 1.77. The van der Waals surface area contributed by atoms with Crippen LogP contribution in [0.15, 0.2) is 16.9 Å². The predicted molar refractivity (Wildman–Crippen MR) is 60.8 cm³/mol. The minimum atomic E-state index is -0.318. The van der Waals surface area contributed by atoms with Crippen molar-refractivity contribution in [3.05, 3.63) is 28.2 Å². The molecular weight excluding hydrogens is 222 g/mol. The number of H-pyrrole nitrogens is 1. The second-order valence-electron chi connectivity index (χ2n) is 4.18. The number of ether oxygens (including phenoxy) is 1. The van der Waals surface area contributed by atoms with Gasteiger partial charge in [0.2, 0.25) is 0 Å². The van der Waals surface area contributed by atoms with E-state index in [1.54, 1.807) is 0 Å². The molecular formula is C11H15N3O3. The summed E-state index contributed by atoms with van der Waals surface area (Å²) in [6.45, 7) is 2.64. The summed E-state index contributed by atoms with van der Waals surface area (Å²) in [6, 6.07) is 2.81. The maximum absolute atomic E-state index is 11.8. The van der Waals surface area contributed by atoms with Crippen molar-refractivity contribution >= 4 is 5.91 Å². The standard InChI is InChI=1S/C11H15N3O3/c1-7-6-8(4-5-17-7)12-11(16)9-2-3-10(15)14-13-9/h2-3,7-8H,4-6H2,1H3,(H,12,16)(H,14,15). The largest absolute Gasteiger partial charge is 0.378 e. The number of hydrogen-bond acceptors (Lipinski definition) is 4. The fourth-order valence-corrected chi connectivity index (χ4v) is 1.86. The van der Waals surface area contributed by atoms with Crippen LogP contribution in [0.2, 0.25) is 0 Å². The molecule has 0 bridgehead atoms. The Bertz CT molecular complexity index is 437. The van der Waals surface area contributed by atoms with E-state index in [-0.39, 0.29) is 29.3 Å². The first-order valence-electron chi connectivity index (χ1n) is 5.63. The molecule has 2 unspecified atom stereocenters. The van der Waals surface area contributed by atoms with Crippen LogP contribution in [0.4, 0.5) is 0 Å². The van der Waals surface area contributed by atoms with Crippen LogP contribution in [0.3, 0.4) is 0 Å². The predicted octanol–water partition coefficient (Wildman–Crippen LogP) is 0.0672. The van der Waals surface area contributed by atoms with Gasteiger partial charge in [-0.25, -0.2) is 5.10 Å². The van der Waals surface area contributed by atoms with Crippen LogP contribution < -0.4 is 10.9 Å². The number of carbonyl (C=O) groups excluding carboxylic acids is 1. The van der Waals surface area contributed by atoms with Crippen molar-refractivity contribution in [3.63, 3.8) is 0 Å². The van der Waals surface area contributed by atoms with E-state index in [9.17, 15) is 9.59 Å². The fraction of sp³-hybridized carbons (Fsp3) is 0.545. The molecule has 6 nitrogen and oxygen atoms in total. The Morgan fingerprint density at radius 3 is 3.06 bits per heavy atom. The quantitative estimate of drug-likeness (QED) is 0.762. The van der Waals surface area contributed by atoms with Gasteiger partial charge in [0, 0.05) is 18.7 Å². The van der Waals surface area contributed by atoms with E-state index < -0.39 is 0 Å².